The quantitative estimate of drug-likeness (QED) is 0.826. The number of anilines is 1. The van der Waals surface area contributed by atoms with E-state index in [0.29, 0.717) is 0 Å². The first kappa shape index (κ1) is 13.9. The van der Waals surface area contributed by atoms with Crippen LogP contribution < -0.4 is 5.32 Å². The number of carbonyl (C=O) groups is 1. The number of nitrogens with zero attached hydrogens (tertiary/aromatic N) is 1. The smallest absolute Gasteiger partial charge is 0.321 e. The van der Waals surface area contributed by atoms with E-state index < -0.39 is 0 Å². The fourth-order valence-corrected chi connectivity index (χ4v) is 2.30. The first-order valence-corrected chi connectivity index (χ1v) is 7.38. The van der Waals surface area contributed by atoms with Crippen molar-refractivity contribution in [3.8, 4) is 0 Å². The molecule has 3 heteroatoms. The van der Waals surface area contributed by atoms with E-state index in [2.05, 4.69) is 25.2 Å². The Bertz CT molecular complexity index is 427. The van der Waals surface area contributed by atoms with Crippen LogP contribution in [0.25, 0.3) is 0 Å². The van der Waals surface area contributed by atoms with Gasteiger partial charge in [0.05, 0.1) is 0 Å². The van der Waals surface area contributed by atoms with Gasteiger partial charge in [0.2, 0.25) is 0 Å². The second-order valence-electron chi connectivity index (χ2n) is 5.33. The number of amides is 2. The maximum absolute atomic E-state index is 12.3. The Morgan fingerprint density at radius 1 is 1.32 bits per heavy atom. The molecule has 104 valence electrons. The summed E-state index contributed by atoms with van der Waals surface area (Å²) in [4.78, 5) is 14.3. The molecule has 1 aliphatic rings. The van der Waals surface area contributed by atoms with Gasteiger partial charge in [-0.05, 0) is 43.2 Å². The fourth-order valence-electron chi connectivity index (χ4n) is 2.30. The van der Waals surface area contributed by atoms with Crippen LogP contribution >= 0.6 is 0 Å². The SMILES string of the molecule is CCCN(CC1CC1)C(=O)Nc1ccccc1CC. The minimum absolute atomic E-state index is 0.0506. The standard InChI is InChI=1S/C16H24N2O/c1-3-11-18(12-13-9-10-13)16(19)17-15-8-6-5-7-14(15)4-2/h5-8,13H,3-4,9-12H2,1-2H3,(H,17,19). The van der Waals surface area contributed by atoms with Crippen molar-refractivity contribution < 1.29 is 4.79 Å². The lowest BCUT2D eigenvalue weighted by molar-refractivity contribution is 0.209. The summed E-state index contributed by atoms with van der Waals surface area (Å²) in [6.45, 7) is 5.98. The van der Waals surface area contributed by atoms with Gasteiger partial charge in [-0.2, -0.15) is 0 Å². The van der Waals surface area contributed by atoms with Crippen molar-refractivity contribution in [2.75, 3.05) is 18.4 Å². The van der Waals surface area contributed by atoms with E-state index in [1.165, 1.54) is 18.4 Å². The van der Waals surface area contributed by atoms with Crippen molar-refractivity contribution in [3.63, 3.8) is 0 Å². The fraction of sp³-hybridized carbons (Fsp3) is 0.562. The molecule has 1 aromatic rings. The molecular formula is C16H24N2O. The third kappa shape index (κ3) is 3.98. The molecule has 1 fully saturated rings. The second-order valence-corrected chi connectivity index (χ2v) is 5.33. The van der Waals surface area contributed by atoms with Crippen LogP contribution in [0.3, 0.4) is 0 Å². The maximum atomic E-state index is 12.3. The predicted molar refractivity (Wildman–Crippen MR) is 79.4 cm³/mol. The molecule has 2 rings (SSSR count). The van der Waals surface area contributed by atoms with Gasteiger partial charge in [-0.25, -0.2) is 4.79 Å². The Hall–Kier alpha value is -1.51. The number of aryl methyl sites for hydroxylation is 1. The first-order valence-electron chi connectivity index (χ1n) is 7.38. The summed E-state index contributed by atoms with van der Waals surface area (Å²) in [5, 5.41) is 3.07. The van der Waals surface area contributed by atoms with Crippen LogP contribution in [0.15, 0.2) is 24.3 Å². The van der Waals surface area contributed by atoms with Gasteiger partial charge in [0, 0.05) is 18.8 Å². The molecule has 1 aromatic carbocycles. The summed E-state index contributed by atoms with van der Waals surface area (Å²) in [5.41, 5.74) is 2.14. The number of para-hydroxylation sites is 1. The summed E-state index contributed by atoms with van der Waals surface area (Å²) in [5.74, 6) is 0.735. The van der Waals surface area contributed by atoms with Gasteiger partial charge in [-0.15, -0.1) is 0 Å². The van der Waals surface area contributed by atoms with E-state index >= 15 is 0 Å². The molecule has 3 nitrogen and oxygen atoms in total. The van der Waals surface area contributed by atoms with Crippen LogP contribution in [0, 0.1) is 5.92 Å². The highest BCUT2D eigenvalue weighted by atomic mass is 16.2. The normalized spacial score (nSPS) is 14.2. The van der Waals surface area contributed by atoms with Crippen molar-refractivity contribution in [1.82, 2.24) is 4.90 Å². The lowest BCUT2D eigenvalue weighted by Gasteiger charge is -2.23. The molecule has 19 heavy (non-hydrogen) atoms. The van der Waals surface area contributed by atoms with Crippen LogP contribution in [-0.2, 0) is 6.42 Å². The zero-order chi connectivity index (χ0) is 13.7. The number of carbonyl (C=O) groups excluding carboxylic acids is 1. The molecule has 0 aliphatic heterocycles. The summed E-state index contributed by atoms with van der Waals surface area (Å²) >= 11 is 0. The van der Waals surface area contributed by atoms with E-state index in [0.717, 1.165) is 37.5 Å². The Morgan fingerprint density at radius 2 is 2.05 bits per heavy atom. The molecule has 0 bridgehead atoms. The molecular weight excluding hydrogens is 236 g/mol. The van der Waals surface area contributed by atoms with Crippen LogP contribution in [0.5, 0.6) is 0 Å². The van der Waals surface area contributed by atoms with Crippen molar-refractivity contribution in [1.29, 1.82) is 0 Å². The second kappa shape index (κ2) is 6.60. The average Bonchev–Trinajstić information content (AvgIpc) is 3.23. The van der Waals surface area contributed by atoms with Gasteiger partial charge in [-0.1, -0.05) is 32.0 Å². The molecule has 0 atom stereocenters. The van der Waals surface area contributed by atoms with E-state index in [4.69, 9.17) is 0 Å². The Balaban J connectivity index is 2.00. The largest absolute Gasteiger partial charge is 0.324 e. The first-order chi connectivity index (χ1) is 9.24. The Morgan fingerprint density at radius 3 is 2.68 bits per heavy atom. The Kier molecular flexibility index (Phi) is 4.83. The van der Waals surface area contributed by atoms with Crippen LogP contribution in [0.1, 0.15) is 38.7 Å². The number of hydrogen-bond acceptors (Lipinski definition) is 1. The molecule has 1 aliphatic carbocycles. The number of rotatable bonds is 6. The molecule has 0 unspecified atom stereocenters. The predicted octanol–water partition coefficient (Wildman–Crippen LogP) is 3.90. The number of hydrogen-bond donors (Lipinski definition) is 1. The lowest BCUT2D eigenvalue weighted by Crippen LogP contribution is -2.37. The van der Waals surface area contributed by atoms with Crippen LogP contribution in [0.4, 0.5) is 10.5 Å². The Labute approximate surface area is 116 Å². The third-order valence-corrected chi connectivity index (χ3v) is 3.60. The third-order valence-electron chi connectivity index (χ3n) is 3.60. The molecule has 1 saturated carbocycles. The molecule has 1 N–H and O–H groups in total. The number of urea groups is 1. The van der Waals surface area contributed by atoms with E-state index in [1.807, 2.05) is 23.1 Å². The molecule has 0 saturated heterocycles. The van der Waals surface area contributed by atoms with Crippen LogP contribution in [-0.4, -0.2) is 24.0 Å². The van der Waals surface area contributed by atoms with Crippen molar-refractivity contribution >= 4 is 11.7 Å². The monoisotopic (exact) mass is 260 g/mol. The molecule has 0 spiro atoms. The van der Waals surface area contributed by atoms with E-state index in [1.54, 1.807) is 0 Å². The van der Waals surface area contributed by atoms with Crippen molar-refractivity contribution in [3.05, 3.63) is 29.8 Å². The van der Waals surface area contributed by atoms with Crippen molar-refractivity contribution in [2.24, 2.45) is 5.92 Å². The summed E-state index contributed by atoms with van der Waals surface area (Å²) in [7, 11) is 0. The minimum Gasteiger partial charge on any atom is -0.324 e. The van der Waals surface area contributed by atoms with Gasteiger partial charge in [0.15, 0.2) is 0 Å². The highest BCUT2D eigenvalue weighted by Gasteiger charge is 2.26. The number of benzene rings is 1. The topological polar surface area (TPSA) is 32.3 Å². The van der Waals surface area contributed by atoms with Gasteiger partial charge in [0.1, 0.15) is 0 Å². The summed E-state index contributed by atoms with van der Waals surface area (Å²) in [6, 6.07) is 8.09. The molecule has 0 aromatic heterocycles. The van der Waals surface area contributed by atoms with E-state index in [-0.39, 0.29) is 6.03 Å². The minimum atomic E-state index is 0.0506. The van der Waals surface area contributed by atoms with Gasteiger partial charge >= 0.3 is 6.03 Å². The van der Waals surface area contributed by atoms with E-state index in [9.17, 15) is 4.79 Å². The number of nitrogens with one attached hydrogen (secondary N) is 1. The summed E-state index contributed by atoms with van der Waals surface area (Å²) in [6.07, 6.45) is 4.50. The van der Waals surface area contributed by atoms with Gasteiger partial charge < -0.3 is 10.2 Å². The average molecular weight is 260 g/mol. The summed E-state index contributed by atoms with van der Waals surface area (Å²) < 4.78 is 0. The lowest BCUT2D eigenvalue weighted by atomic mass is 10.1. The zero-order valence-corrected chi connectivity index (χ0v) is 12.0. The highest BCUT2D eigenvalue weighted by molar-refractivity contribution is 5.90. The van der Waals surface area contributed by atoms with Gasteiger partial charge in [-0.3, -0.25) is 0 Å². The zero-order valence-electron chi connectivity index (χ0n) is 12.0. The molecule has 2 amide bonds. The van der Waals surface area contributed by atoms with Crippen molar-refractivity contribution in [2.45, 2.75) is 39.5 Å². The highest BCUT2D eigenvalue weighted by Crippen LogP contribution is 2.30. The molecule has 0 radical (unpaired) electrons. The molecule has 0 heterocycles. The maximum Gasteiger partial charge on any atom is 0.321 e. The van der Waals surface area contributed by atoms with Gasteiger partial charge in [0.25, 0.3) is 0 Å². The van der Waals surface area contributed by atoms with Crippen LogP contribution in [0.2, 0.25) is 0 Å².